The Morgan fingerprint density at radius 2 is 2.00 bits per heavy atom. The number of nitro groups is 1. The highest BCUT2D eigenvalue weighted by atomic mass is 32.1. The number of thiazole rings is 1. The van der Waals surface area contributed by atoms with E-state index in [0.717, 1.165) is 6.42 Å². The fourth-order valence-electron chi connectivity index (χ4n) is 5.31. The maximum Gasteiger partial charge on any atom is 0.338 e. The van der Waals surface area contributed by atoms with E-state index in [-0.39, 0.29) is 24.6 Å². The van der Waals surface area contributed by atoms with Crippen molar-refractivity contribution in [3.8, 4) is 22.8 Å². The predicted octanol–water partition coefficient (Wildman–Crippen LogP) is 4.78. The van der Waals surface area contributed by atoms with Gasteiger partial charge in [0.25, 0.3) is 11.2 Å². The van der Waals surface area contributed by atoms with Gasteiger partial charge in [0, 0.05) is 23.3 Å². The molecule has 0 N–H and O–H groups in total. The van der Waals surface area contributed by atoms with Gasteiger partial charge >= 0.3 is 5.97 Å². The molecule has 4 heterocycles. The summed E-state index contributed by atoms with van der Waals surface area (Å²) in [6, 6.07) is 12.8. The molecule has 12 heteroatoms. The SMILES string of the molecule is CCCC1=C(C(=O)OCC)[C@@H](c2ccc3c(c2)OCO3)n2c(s/c(=C\c3ccc(-c4cccc([N+](=O)[O-])c4C)o3)c2=O)=N1. The highest BCUT2D eigenvalue weighted by Gasteiger charge is 2.35. The first kappa shape index (κ1) is 28.2. The lowest BCUT2D eigenvalue weighted by Gasteiger charge is -2.25. The van der Waals surface area contributed by atoms with E-state index in [1.54, 1.807) is 56.3 Å². The zero-order chi connectivity index (χ0) is 30.2. The third-order valence-electron chi connectivity index (χ3n) is 7.27. The van der Waals surface area contributed by atoms with Crippen LogP contribution in [0.5, 0.6) is 11.5 Å². The molecule has 220 valence electrons. The quantitative estimate of drug-likeness (QED) is 0.160. The molecule has 6 rings (SSSR count). The molecule has 2 aromatic carbocycles. The van der Waals surface area contributed by atoms with E-state index in [2.05, 4.69) is 0 Å². The van der Waals surface area contributed by atoms with Gasteiger partial charge in [-0.1, -0.05) is 42.9 Å². The summed E-state index contributed by atoms with van der Waals surface area (Å²) in [4.78, 5) is 43.6. The van der Waals surface area contributed by atoms with Gasteiger partial charge in [-0.25, -0.2) is 9.79 Å². The summed E-state index contributed by atoms with van der Waals surface area (Å²) in [7, 11) is 0. The molecule has 11 nitrogen and oxygen atoms in total. The fraction of sp³-hybridized carbons (Fsp3) is 0.258. The number of ether oxygens (including phenoxy) is 3. The summed E-state index contributed by atoms with van der Waals surface area (Å²) in [5.41, 5.74) is 2.24. The van der Waals surface area contributed by atoms with E-state index in [9.17, 15) is 19.7 Å². The Morgan fingerprint density at radius 3 is 2.77 bits per heavy atom. The van der Waals surface area contributed by atoms with Gasteiger partial charge in [0.15, 0.2) is 16.3 Å². The van der Waals surface area contributed by atoms with E-state index in [1.165, 1.54) is 22.0 Å². The van der Waals surface area contributed by atoms with Crippen LogP contribution in [0.15, 0.2) is 74.0 Å². The minimum Gasteiger partial charge on any atom is -0.463 e. The molecule has 0 amide bonds. The lowest BCUT2D eigenvalue weighted by molar-refractivity contribution is -0.385. The molecule has 1 atom stereocenters. The van der Waals surface area contributed by atoms with Crippen LogP contribution in [0.2, 0.25) is 0 Å². The van der Waals surface area contributed by atoms with E-state index >= 15 is 0 Å². The van der Waals surface area contributed by atoms with Crippen molar-refractivity contribution in [2.75, 3.05) is 13.4 Å². The second-order valence-electron chi connectivity index (χ2n) is 9.94. The number of allylic oxidation sites excluding steroid dienone is 1. The van der Waals surface area contributed by atoms with Crippen molar-refractivity contribution in [2.45, 2.75) is 39.7 Å². The number of carbonyl (C=O) groups excluding carboxylic acids is 1. The average Bonchev–Trinajstić information content (AvgIpc) is 3.72. The van der Waals surface area contributed by atoms with Gasteiger partial charge in [-0.3, -0.25) is 19.5 Å². The van der Waals surface area contributed by atoms with Gasteiger partial charge in [-0.15, -0.1) is 0 Å². The van der Waals surface area contributed by atoms with Crippen molar-refractivity contribution in [2.24, 2.45) is 4.99 Å². The van der Waals surface area contributed by atoms with Crippen LogP contribution in [0, 0.1) is 17.0 Å². The Bertz CT molecular complexity index is 1980. The second kappa shape index (κ2) is 11.4. The van der Waals surface area contributed by atoms with E-state index in [4.69, 9.17) is 23.6 Å². The number of esters is 1. The molecule has 0 saturated carbocycles. The summed E-state index contributed by atoms with van der Waals surface area (Å²) in [6.45, 7) is 5.65. The number of furan rings is 1. The van der Waals surface area contributed by atoms with Gasteiger partial charge in [0.1, 0.15) is 11.5 Å². The molecule has 43 heavy (non-hydrogen) atoms. The zero-order valence-corrected chi connectivity index (χ0v) is 24.4. The maximum absolute atomic E-state index is 14.0. The average molecular weight is 602 g/mol. The standard InChI is InChI=1S/C31H27N3O8S/c1-4-7-21-27(30(36)39-5-2)28(18-10-12-24-25(14-18)41-16-40-24)33-29(35)26(43-31(33)32-21)15-19-11-13-23(42-19)20-8-6-9-22(17(20)3)34(37)38/h6,8-15,28H,4-5,7,16H2,1-3H3/b26-15-/t28-/m1/s1. The summed E-state index contributed by atoms with van der Waals surface area (Å²) in [5.74, 6) is 1.41. The van der Waals surface area contributed by atoms with Crippen molar-refractivity contribution >= 4 is 29.1 Å². The number of nitrogens with zero attached hydrogens (tertiary/aromatic N) is 3. The summed E-state index contributed by atoms with van der Waals surface area (Å²) in [5, 5.41) is 11.4. The second-order valence-corrected chi connectivity index (χ2v) is 10.9. The van der Waals surface area contributed by atoms with Gasteiger partial charge in [0.05, 0.1) is 33.4 Å². The van der Waals surface area contributed by atoms with Crippen LogP contribution in [0.25, 0.3) is 17.4 Å². The van der Waals surface area contributed by atoms with Crippen LogP contribution >= 0.6 is 11.3 Å². The number of fused-ring (bicyclic) bond motifs is 2. The molecule has 4 aromatic rings. The number of benzene rings is 2. The van der Waals surface area contributed by atoms with E-state index in [1.807, 2.05) is 13.0 Å². The molecule has 0 saturated heterocycles. The molecule has 0 unspecified atom stereocenters. The van der Waals surface area contributed by atoms with Crippen LogP contribution in [0.3, 0.4) is 0 Å². The Hall–Kier alpha value is -4.97. The van der Waals surface area contributed by atoms with Crippen LogP contribution in [0.4, 0.5) is 5.69 Å². The number of hydrogen-bond acceptors (Lipinski definition) is 10. The van der Waals surface area contributed by atoms with Crippen molar-refractivity contribution in [1.29, 1.82) is 0 Å². The molecular weight excluding hydrogens is 574 g/mol. The number of rotatable bonds is 8. The lowest BCUT2D eigenvalue weighted by Crippen LogP contribution is -2.40. The normalized spacial score (nSPS) is 15.8. The first-order chi connectivity index (χ1) is 20.8. The first-order valence-electron chi connectivity index (χ1n) is 13.8. The largest absolute Gasteiger partial charge is 0.463 e. The van der Waals surface area contributed by atoms with Crippen molar-refractivity contribution < 1.29 is 28.3 Å². The molecule has 0 bridgehead atoms. The summed E-state index contributed by atoms with van der Waals surface area (Å²) >= 11 is 1.19. The molecule has 0 aliphatic carbocycles. The Balaban J connectivity index is 1.49. The van der Waals surface area contributed by atoms with Gasteiger partial charge in [-0.2, -0.15) is 0 Å². The Labute approximate surface area is 249 Å². The van der Waals surface area contributed by atoms with Crippen LogP contribution in [-0.2, 0) is 9.53 Å². The maximum atomic E-state index is 14.0. The van der Waals surface area contributed by atoms with Gasteiger partial charge in [0.2, 0.25) is 6.79 Å². The van der Waals surface area contributed by atoms with Crippen molar-refractivity contribution in [3.05, 3.63) is 106 Å². The first-order valence-corrected chi connectivity index (χ1v) is 14.6. The lowest BCUT2D eigenvalue weighted by atomic mass is 9.94. The molecule has 0 spiro atoms. The minimum absolute atomic E-state index is 0.00688. The highest BCUT2D eigenvalue weighted by molar-refractivity contribution is 7.07. The van der Waals surface area contributed by atoms with Gasteiger partial charge in [-0.05, 0) is 50.1 Å². The Kier molecular flexibility index (Phi) is 7.45. The third-order valence-corrected chi connectivity index (χ3v) is 8.26. The number of carbonyl (C=O) groups is 1. The number of hydrogen-bond donors (Lipinski definition) is 0. The van der Waals surface area contributed by atoms with E-state index in [0.29, 0.717) is 66.7 Å². The monoisotopic (exact) mass is 601 g/mol. The topological polar surface area (TPSA) is 135 Å². The van der Waals surface area contributed by atoms with E-state index < -0.39 is 16.9 Å². The fourth-order valence-corrected chi connectivity index (χ4v) is 6.31. The minimum atomic E-state index is -0.798. The molecule has 2 aliphatic heterocycles. The molecule has 2 aromatic heterocycles. The smallest absolute Gasteiger partial charge is 0.338 e. The predicted molar refractivity (Wildman–Crippen MR) is 158 cm³/mol. The third kappa shape index (κ3) is 5.03. The molecule has 0 radical (unpaired) electrons. The molecular formula is C31H27N3O8S. The summed E-state index contributed by atoms with van der Waals surface area (Å²) in [6.07, 6.45) is 2.87. The highest BCUT2D eigenvalue weighted by Crippen LogP contribution is 2.39. The van der Waals surface area contributed by atoms with Crippen LogP contribution in [-0.4, -0.2) is 28.9 Å². The van der Waals surface area contributed by atoms with Gasteiger partial charge < -0.3 is 18.6 Å². The van der Waals surface area contributed by atoms with Crippen LogP contribution in [0.1, 0.15) is 49.6 Å². The van der Waals surface area contributed by atoms with Crippen molar-refractivity contribution in [1.82, 2.24) is 4.57 Å². The zero-order valence-electron chi connectivity index (χ0n) is 23.6. The number of nitro benzene ring substituents is 1. The molecule has 0 fully saturated rings. The number of aromatic nitrogens is 1. The summed E-state index contributed by atoms with van der Waals surface area (Å²) < 4.78 is 24.4. The Morgan fingerprint density at radius 1 is 1.19 bits per heavy atom. The molecule has 2 aliphatic rings. The van der Waals surface area contributed by atoms with Crippen molar-refractivity contribution in [3.63, 3.8) is 0 Å². The van der Waals surface area contributed by atoms with Crippen LogP contribution < -0.4 is 24.4 Å².